The average molecular weight is 473 g/mol. The van der Waals surface area contributed by atoms with Crippen LogP contribution < -0.4 is 5.32 Å². The zero-order chi connectivity index (χ0) is 20.3. The van der Waals surface area contributed by atoms with E-state index in [1.54, 1.807) is 4.68 Å². The maximum absolute atomic E-state index is 13.1. The van der Waals surface area contributed by atoms with Crippen LogP contribution in [-0.4, -0.2) is 41.5 Å². The molecule has 1 amide bonds. The Balaban J connectivity index is 1.64. The maximum atomic E-state index is 13.1. The van der Waals surface area contributed by atoms with Crippen molar-refractivity contribution in [1.82, 2.24) is 19.4 Å². The molecule has 1 aromatic heterocycles. The minimum atomic E-state index is -3.76. The minimum absolute atomic E-state index is 0.0315. The lowest BCUT2D eigenvalue weighted by molar-refractivity contribution is -0.126. The van der Waals surface area contributed by atoms with E-state index < -0.39 is 21.8 Å². The van der Waals surface area contributed by atoms with Crippen LogP contribution >= 0.6 is 15.9 Å². The number of nitrogens with one attached hydrogen (secondary N) is 1. The molecule has 1 atom stereocenters. The number of carbonyl (C=O) groups excluding carboxylic acids is 1. The topological polar surface area (TPSA) is 84.3 Å². The Labute approximate surface area is 172 Å². The highest BCUT2D eigenvalue weighted by Crippen LogP contribution is 2.24. The Morgan fingerprint density at radius 1 is 1.36 bits per heavy atom. The number of aromatic nitrogens is 2. The van der Waals surface area contributed by atoms with Crippen molar-refractivity contribution < 1.29 is 17.6 Å². The third-order valence-electron chi connectivity index (χ3n) is 4.75. The molecule has 1 saturated heterocycles. The van der Waals surface area contributed by atoms with Crippen molar-refractivity contribution in [3.63, 3.8) is 0 Å². The van der Waals surface area contributed by atoms with E-state index in [2.05, 4.69) is 26.3 Å². The lowest BCUT2D eigenvalue weighted by atomic mass is 9.99. The summed E-state index contributed by atoms with van der Waals surface area (Å²) in [6, 6.07) is 4.73. The first-order valence-corrected chi connectivity index (χ1v) is 11.3. The van der Waals surface area contributed by atoms with E-state index in [0.717, 1.165) is 28.8 Å². The van der Waals surface area contributed by atoms with Gasteiger partial charge in [-0.1, -0.05) is 0 Å². The van der Waals surface area contributed by atoms with E-state index in [1.165, 1.54) is 16.4 Å². The molecular weight excluding hydrogens is 451 g/mol. The summed E-state index contributed by atoms with van der Waals surface area (Å²) in [5.74, 6) is -1.13. The van der Waals surface area contributed by atoms with Crippen molar-refractivity contribution in [2.45, 2.75) is 37.8 Å². The summed E-state index contributed by atoms with van der Waals surface area (Å²) in [7, 11) is -3.76. The van der Waals surface area contributed by atoms with E-state index >= 15 is 0 Å². The molecule has 2 heterocycles. The molecule has 1 aliphatic rings. The third kappa shape index (κ3) is 4.61. The number of aryl methyl sites for hydroxylation is 1. The molecule has 152 valence electrons. The summed E-state index contributed by atoms with van der Waals surface area (Å²) in [5.41, 5.74) is 0.724. The number of carbonyl (C=O) groups is 1. The molecule has 0 saturated carbocycles. The normalized spacial score (nSPS) is 18.2. The molecule has 0 unspecified atom stereocenters. The van der Waals surface area contributed by atoms with Crippen LogP contribution in [0.5, 0.6) is 0 Å². The van der Waals surface area contributed by atoms with Crippen LogP contribution in [0.2, 0.25) is 0 Å². The number of hydrogen-bond donors (Lipinski definition) is 1. The highest BCUT2D eigenvalue weighted by atomic mass is 79.9. The van der Waals surface area contributed by atoms with Gasteiger partial charge in [0, 0.05) is 25.8 Å². The Hall–Kier alpha value is -1.78. The molecule has 3 rings (SSSR count). The Morgan fingerprint density at radius 3 is 2.71 bits per heavy atom. The van der Waals surface area contributed by atoms with Crippen LogP contribution in [0.1, 0.15) is 25.5 Å². The summed E-state index contributed by atoms with van der Waals surface area (Å²) in [5, 5.41) is 7.21. The second kappa shape index (κ2) is 8.71. The van der Waals surface area contributed by atoms with Crippen LogP contribution in [0.25, 0.3) is 0 Å². The zero-order valence-corrected chi connectivity index (χ0v) is 17.8. The Bertz CT molecular complexity index is 946. The van der Waals surface area contributed by atoms with E-state index in [0.29, 0.717) is 19.4 Å². The van der Waals surface area contributed by atoms with Crippen LogP contribution in [0.15, 0.2) is 39.8 Å². The summed E-state index contributed by atoms with van der Waals surface area (Å²) >= 11 is 3.42. The number of amides is 1. The van der Waals surface area contributed by atoms with E-state index in [9.17, 15) is 17.6 Å². The van der Waals surface area contributed by atoms with Gasteiger partial charge in [-0.25, -0.2) is 12.8 Å². The van der Waals surface area contributed by atoms with Crippen molar-refractivity contribution in [2.24, 2.45) is 5.92 Å². The third-order valence-corrected chi connectivity index (χ3v) is 7.29. The van der Waals surface area contributed by atoms with Crippen molar-refractivity contribution in [3.05, 3.63) is 46.4 Å². The summed E-state index contributed by atoms with van der Waals surface area (Å²) in [6.07, 6.45) is 3.05. The molecular formula is C18H22BrFN4O3S. The van der Waals surface area contributed by atoms with E-state index in [1.807, 2.05) is 13.1 Å². The van der Waals surface area contributed by atoms with E-state index in [4.69, 9.17) is 0 Å². The zero-order valence-electron chi connectivity index (χ0n) is 15.4. The Kier molecular flexibility index (Phi) is 6.51. The van der Waals surface area contributed by atoms with Crippen LogP contribution in [0.3, 0.4) is 0 Å². The number of hydrogen-bond acceptors (Lipinski definition) is 4. The van der Waals surface area contributed by atoms with Crippen LogP contribution in [0.4, 0.5) is 4.39 Å². The Morgan fingerprint density at radius 2 is 2.07 bits per heavy atom. The van der Waals surface area contributed by atoms with Gasteiger partial charge in [0.1, 0.15) is 5.82 Å². The second-order valence-corrected chi connectivity index (χ2v) is 9.45. The van der Waals surface area contributed by atoms with Gasteiger partial charge in [-0.3, -0.25) is 9.48 Å². The first-order chi connectivity index (χ1) is 13.3. The van der Waals surface area contributed by atoms with Crippen LogP contribution in [-0.2, 0) is 27.9 Å². The van der Waals surface area contributed by atoms with Gasteiger partial charge in [0.05, 0.1) is 27.5 Å². The van der Waals surface area contributed by atoms with Gasteiger partial charge in [0.2, 0.25) is 15.9 Å². The smallest absolute Gasteiger partial charge is 0.243 e. The molecule has 1 N–H and O–H groups in total. The van der Waals surface area contributed by atoms with Gasteiger partial charge in [0.25, 0.3) is 0 Å². The number of halogens is 2. The maximum Gasteiger partial charge on any atom is 0.243 e. The van der Waals surface area contributed by atoms with Crippen molar-refractivity contribution in [3.8, 4) is 0 Å². The van der Waals surface area contributed by atoms with E-state index in [-0.39, 0.29) is 23.9 Å². The molecule has 7 nitrogen and oxygen atoms in total. The molecule has 1 fully saturated rings. The quantitative estimate of drug-likeness (QED) is 0.699. The molecule has 0 bridgehead atoms. The van der Waals surface area contributed by atoms with Crippen molar-refractivity contribution in [1.29, 1.82) is 0 Å². The number of nitrogens with zero attached hydrogens (tertiary/aromatic N) is 3. The van der Waals surface area contributed by atoms with Gasteiger partial charge in [0.15, 0.2) is 0 Å². The van der Waals surface area contributed by atoms with Crippen LogP contribution in [0, 0.1) is 11.7 Å². The fraction of sp³-hybridized carbons (Fsp3) is 0.444. The molecule has 28 heavy (non-hydrogen) atoms. The lowest BCUT2D eigenvalue weighted by Gasteiger charge is -2.31. The second-order valence-electron chi connectivity index (χ2n) is 6.65. The first kappa shape index (κ1) is 20.9. The number of piperidine rings is 1. The molecule has 0 aliphatic carbocycles. The van der Waals surface area contributed by atoms with Gasteiger partial charge in [-0.05, 0) is 60.0 Å². The average Bonchev–Trinajstić information content (AvgIpc) is 3.06. The molecule has 2 aromatic rings. The predicted octanol–water partition coefficient (Wildman–Crippen LogP) is 2.52. The highest BCUT2D eigenvalue weighted by molar-refractivity contribution is 9.10. The molecule has 10 heteroatoms. The van der Waals surface area contributed by atoms with Crippen molar-refractivity contribution in [2.75, 3.05) is 13.1 Å². The minimum Gasteiger partial charge on any atom is -0.350 e. The predicted molar refractivity (Wildman–Crippen MR) is 105 cm³/mol. The first-order valence-electron chi connectivity index (χ1n) is 9.06. The lowest BCUT2D eigenvalue weighted by Crippen LogP contribution is -2.45. The molecule has 0 radical (unpaired) electrons. The fourth-order valence-electron chi connectivity index (χ4n) is 3.16. The SMILES string of the molecule is CCn1cc(Br)c(CNC(=O)[C@@H]2CCCN(S(=O)(=O)c3ccc(F)cc3)C2)n1. The van der Waals surface area contributed by atoms with Gasteiger partial charge >= 0.3 is 0 Å². The number of benzene rings is 1. The monoisotopic (exact) mass is 472 g/mol. The van der Waals surface area contributed by atoms with Gasteiger partial charge < -0.3 is 5.32 Å². The number of sulfonamides is 1. The standard InChI is InChI=1S/C18H22BrFN4O3S/c1-2-23-12-16(19)17(22-23)10-21-18(25)13-4-3-9-24(11-13)28(26,27)15-7-5-14(20)6-8-15/h5-8,12-13H,2-4,9-11H2,1H3,(H,21,25)/t13-/m1/s1. The molecule has 1 aliphatic heterocycles. The summed E-state index contributed by atoms with van der Waals surface area (Å²) in [4.78, 5) is 12.6. The number of rotatable bonds is 6. The van der Waals surface area contributed by atoms with Gasteiger partial charge in [-0.2, -0.15) is 9.40 Å². The molecule has 0 spiro atoms. The summed E-state index contributed by atoms with van der Waals surface area (Å²) < 4.78 is 42.5. The van der Waals surface area contributed by atoms with Gasteiger partial charge in [-0.15, -0.1) is 0 Å². The largest absolute Gasteiger partial charge is 0.350 e. The summed E-state index contributed by atoms with van der Waals surface area (Å²) in [6.45, 7) is 3.42. The fourth-order valence-corrected chi connectivity index (χ4v) is 5.14. The highest BCUT2D eigenvalue weighted by Gasteiger charge is 2.33. The molecule has 1 aromatic carbocycles. The van der Waals surface area contributed by atoms with Crippen molar-refractivity contribution >= 4 is 31.9 Å².